The predicted molar refractivity (Wildman–Crippen MR) is 128 cm³/mol. The molecule has 0 bridgehead atoms. The highest BCUT2D eigenvalue weighted by molar-refractivity contribution is 6.32. The van der Waals surface area contributed by atoms with Gasteiger partial charge in [0.25, 0.3) is 0 Å². The van der Waals surface area contributed by atoms with E-state index in [4.69, 9.17) is 11.6 Å². The summed E-state index contributed by atoms with van der Waals surface area (Å²) in [4.78, 5) is 29.5. The zero-order valence-electron chi connectivity index (χ0n) is 18.0. The Morgan fingerprint density at radius 1 is 0.812 bits per heavy atom. The molecule has 3 aromatic rings. The number of hydrogen-bond donors (Lipinski definition) is 0. The van der Waals surface area contributed by atoms with Gasteiger partial charge in [-0.15, -0.1) is 0 Å². The standard InChI is InChI=1S/C28H24ClNO2/c1-18-23(29)14-9-15-24(18)30-26(31)25-21(19-10-5-3-6-11-19)16-17-22(28(25,2)27(30)32)20-12-7-4-8-13-20/h3-17,21-22,25H,1-2H3/t21-,22-,25+,28+/m1/s1. The Balaban J connectivity index is 1.71. The number of hydrogen-bond acceptors (Lipinski definition) is 2. The molecule has 4 atom stereocenters. The number of anilines is 1. The SMILES string of the molecule is Cc1c(Cl)cccc1N1C(=O)[C@@H]2[C@@H](c3ccccc3)C=C[C@H](c3ccccc3)[C@]2(C)C1=O. The first-order valence-corrected chi connectivity index (χ1v) is 11.2. The van der Waals surface area contributed by atoms with Crippen molar-refractivity contribution in [1.82, 2.24) is 0 Å². The van der Waals surface area contributed by atoms with E-state index in [9.17, 15) is 9.59 Å². The van der Waals surface area contributed by atoms with Crippen molar-refractivity contribution in [3.8, 4) is 0 Å². The maximum Gasteiger partial charge on any atom is 0.241 e. The van der Waals surface area contributed by atoms with Crippen LogP contribution in [-0.2, 0) is 9.59 Å². The summed E-state index contributed by atoms with van der Waals surface area (Å²) < 4.78 is 0. The third-order valence-electron chi connectivity index (χ3n) is 7.14. The van der Waals surface area contributed by atoms with E-state index in [-0.39, 0.29) is 23.7 Å². The molecular formula is C28H24ClNO2. The fraction of sp³-hybridized carbons (Fsp3) is 0.214. The van der Waals surface area contributed by atoms with E-state index in [1.807, 2.05) is 74.5 Å². The average molecular weight is 442 g/mol. The molecule has 3 aromatic carbocycles. The molecule has 160 valence electrons. The second-order valence-corrected chi connectivity index (χ2v) is 9.24. The number of allylic oxidation sites excluding steroid dienone is 2. The Morgan fingerprint density at radius 3 is 2.09 bits per heavy atom. The Morgan fingerprint density at radius 2 is 1.44 bits per heavy atom. The van der Waals surface area contributed by atoms with Gasteiger partial charge in [0.15, 0.2) is 0 Å². The third-order valence-corrected chi connectivity index (χ3v) is 7.55. The van der Waals surface area contributed by atoms with Crippen LogP contribution in [0.3, 0.4) is 0 Å². The molecule has 1 fully saturated rings. The normalized spacial score (nSPS) is 27.0. The molecular weight excluding hydrogens is 418 g/mol. The lowest BCUT2D eigenvalue weighted by Gasteiger charge is -2.41. The first-order valence-electron chi connectivity index (χ1n) is 10.9. The molecule has 0 spiro atoms. The van der Waals surface area contributed by atoms with Gasteiger partial charge in [-0.25, -0.2) is 4.90 Å². The quantitative estimate of drug-likeness (QED) is 0.354. The molecule has 1 saturated heterocycles. The second kappa shape index (κ2) is 7.75. The molecule has 0 N–H and O–H groups in total. The molecule has 1 heterocycles. The first-order chi connectivity index (χ1) is 15.4. The van der Waals surface area contributed by atoms with Crippen LogP contribution in [0.25, 0.3) is 0 Å². The summed E-state index contributed by atoms with van der Waals surface area (Å²) in [5, 5.41) is 0.542. The van der Waals surface area contributed by atoms with Crippen LogP contribution >= 0.6 is 11.6 Å². The van der Waals surface area contributed by atoms with Crippen LogP contribution in [0.2, 0.25) is 5.02 Å². The topological polar surface area (TPSA) is 37.4 Å². The fourth-order valence-electron chi connectivity index (χ4n) is 5.43. The van der Waals surface area contributed by atoms with E-state index in [0.717, 1.165) is 16.7 Å². The van der Waals surface area contributed by atoms with Gasteiger partial charge in [0.2, 0.25) is 11.8 Å². The van der Waals surface area contributed by atoms with Crippen LogP contribution in [0, 0.1) is 18.3 Å². The summed E-state index contributed by atoms with van der Waals surface area (Å²) in [6.07, 6.45) is 4.22. The predicted octanol–water partition coefficient (Wildman–Crippen LogP) is 6.28. The first kappa shape index (κ1) is 20.7. The van der Waals surface area contributed by atoms with Crippen molar-refractivity contribution < 1.29 is 9.59 Å². The maximum absolute atomic E-state index is 14.1. The molecule has 3 nitrogen and oxygen atoms in total. The summed E-state index contributed by atoms with van der Waals surface area (Å²) >= 11 is 6.36. The summed E-state index contributed by atoms with van der Waals surface area (Å²) in [5.41, 5.74) is 2.47. The molecule has 5 rings (SSSR count). The molecule has 4 heteroatoms. The van der Waals surface area contributed by atoms with Crippen LogP contribution in [0.15, 0.2) is 91.0 Å². The Kier molecular flexibility index (Phi) is 5.02. The van der Waals surface area contributed by atoms with Gasteiger partial charge < -0.3 is 0 Å². The molecule has 2 amide bonds. The highest BCUT2D eigenvalue weighted by Gasteiger charge is 2.63. The van der Waals surface area contributed by atoms with Crippen molar-refractivity contribution in [3.63, 3.8) is 0 Å². The van der Waals surface area contributed by atoms with E-state index in [1.54, 1.807) is 18.2 Å². The monoisotopic (exact) mass is 441 g/mol. The summed E-state index contributed by atoms with van der Waals surface area (Å²) in [6, 6.07) is 25.3. The zero-order chi connectivity index (χ0) is 22.5. The van der Waals surface area contributed by atoms with Crippen molar-refractivity contribution in [1.29, 1.82) is 0 Å². The minimum Gasteiger partial charge on any atom is -0.274 e. The van der Waals surface area contributed by atoms with Crippen molar-refractivity contribution >= 4 is 29.1 Å². The number of carbonyl (C=O) groups excluding carboxylic acids is 2. The summed E-state index contributed by atoms with van der Waals surface area (Å²) in [6.45, 7) is 3.80. The minimum absolute atomic E-state index is 0.165. The molecule has 2 aliphatic rings. The smallest absolute Gasteiger partial charge is 0.241 e. The van der Waals surface area contributed by atoms with Gasteiger partial charge in [-0.3, -0.25) is 9.59 Å². The average Bonchev–Trinajstić information content (AvgIpc) is 3.02. The van der Waals surface area contributed by atoms with Gasteiger partial charge in [0.1, 0.15) is 0 Å². The Bertz CT molecular complexity index is 1220. The van der Waals surface area contributed by atoms with E-state index in [0.29, 0.717) is 10.7 Å². The second-order valence-electron chi connectivity index (χ2n) is 8.83. The lowest BCUT2D eigenvalue weighted by Crippen LogP contribution is -2.42. The van der Waals surface area contributed by atoms with Crippen molar-refractivity contribution in [2.45, 2.75) is 25.7 Å². The number of fused-ring (bicyclic) bond motifs is 1. The summed E-state index contributed by atoms with van der Waals surface area (Å²) in [7, 11) is 0. The van der Waals surface area contributed by atoms with Gasteiger partial charge in [-0.2, -0.15) is 0 Å². The minimum atomic E-state index is -0.914. The number of benzene rings is 3. The Hall–Kier alpha value is -3.17. The van der Waals surface area contributed by atoms with Gasteiger partial charge in [0.05, 0.1) is 17.0 Å². The number of carbonyl (C=O) groups is 2. The van der Waals surface area contributed by atoms with E-state index >= 15 is 0 Å². The van der Waals surface area contributed by atoms with Crippen molar-refractivity contribution in [2.24, 2.45) is 11.3 Å². The Labute approximate surface area is 193 Å². The number of halogens is 1. The molecule has 32 heavy (non-hydrogen) atoms. The van der Waals surface area contributed by atoms with Crippen LogP contribution in [-0.4, -0.2) is 11.8 Å². The fourth-order valence-corrected chi connectivity index (χ4v) is 5.60. The third kappa shape index (κ3) is 2.96. The highest BCUT2D eigenvalue weighted by Crippen LogP contribution is 2.58. The largest absolute Gasteiger partial charge is 0.274 e. The lowest BCUT2D eigenvalue weighted by atomic mass is 9.58. The van der Waals surface area contributed by atoms with Gasteiger partial charge in [-0.1, -0.05) is 90.5 Å². The van der Waals surface area contributed by atoms with Crippen LogP contribution in [0.1, 0.15) is 35.4 Å². The highest BCUT2D eigenvalue weighted by atomic mass is 35.5. The molecule has 1 aliphatic carbocycles. The van der Waals surface area contributed by atoms with Gasteiger partial charge >= 0.3 is 0 Å². The van der Waals surface area contributed by atoms with E-state index in [2.05, 4.69) is 12.2 Å². The van der Waals surface area contributed by atoms with Crippen molar-refractivity contribution in [2.75, 3.05) is 4.90 Å². The molecule has 0 aromatic heterocycles. The number of imide groups is 1. The van der Waals surface area contributed by atoms with E-state index in [1.165, 1.54) is 4.90 Å². The zero-order valence-corrected chi connectivity index (χ0v) is 18.8. The van der Waals surface area contributed by atoms with Crippen molar-refractivity contribution in [3.05, 3.63) is 113 Å². The maximum atomic E-state index is 14.1. The number of amides is 2. The van der Waals surface area contributed by atoms with Crippen LogP contribution in [0.4, 0.5) is 5.69 Å². The molecule has 1 aliphatic heterocycles. The number of rotatable bonds is 3. The van der Waals surface area contributed by atoms with E-state index < -0.39 is 11.3 Å². The van der Waals surface area contributed by atoms with Gasteiger partial charge in [-0.05, 0) is 42.7 Å². The number of nitrogens with zero attached hydrogens (tertiary/aromatic N) is 1. The summed E-state index contributed by atoms with van der Waals surface area (Å²) in [5.74, 6) is -1.22. The molecule has 0 unspecified atom stereocenters. The van der Waals surface area contributed by atoms with Crippen LogP contribution < -0.4 is 4.90 Å². The lowest BCUT2D eigenvalue weighted by molar-refractivity contribution is -0.127. The van der Waals surface area contributed by atoms with Gasteiger partial charge in [0, 0.05) is 16.9 Å². The van der Waals surface area contributed by atoms with Crippen LogP contribution in [0.5, 0.6) is 0 Å². The molecule has 0 saturated carbocycles. The molecule has 0 radical (unpaired) electrons.